The SMILES string of the molecule is CC(C)(C)[Si](C)(C)N1CCNCC1.C[Si](C)(C)N1CCNCC1.C[Si](C)(C)N1CNCN([Si](C)(C)C)C1. The summed E-state index contributed by atoms with van der Waals surface area (Å²) in [5, 5.41) is 10.8. The normalized spacial score (nSPS) is 22.5. The average molecular weight is 590 g/mol. The van der Waals surface area contributed by atoms with Gasteiger partial charge in [-0.3, -0.25) is 5.32 Å². The first-order valence-electron chi connectivity index (χ1n) is 14.8. The number of rotatable bonds is 4. The fourth-order valence-corrected chi connectivity index (χ4v) is 10.9. The molecular weight excluding hydrogens is 523 g/mol. The van der Waals surface area contributed by atoms with Crippen LogP contribution in [0.2, 0.25) is 77.1 Å². The van der Waals surface area contributed by atoms with Gasteiger partial charge in [0.05, 0.1) is 0 Å². The van der Waals surface area contributed by atoms with E-state index in [1.54, 1.807) is 0 Å². The van der Waals surface area contributed by atoms with E-state index in [4.69, 9.17) is 0 Å². The van der Waals surface area contributed by atoms with E-state index in [-0.39, 0.29) is 0 Å². The molecule has 0 bridgehead atoms. The quantitative estimate of drug-likeness (QED) is 0.421. The van der Waals surface area contributed by atoms with E-state index in [1.807, 2.05) is 0 Å². The fourth-order valence-electron chi connectivity index (χ4n) is 4.56. The molecule has 3 aliphatic rings. The summed E-state index contributed by atoms with van der Waals surface area (Å²) in [6.07, 6.45) is 0. The van der Waals surface area contributed by atoms with Crippen molar-refractivity contribution in [1.82, 2.24) is 34.2 Å². The van der Waals surface area contributed by atoms with Gasteiger partial charge in [0.25, 0.3) is 0 Å². The van der Waals surface area contributed by atoms with Crippen LogP contribution in [0.5, 0.6) is 0 Å². The second kappa shape index (κ2) is 14.5. The summed E-state index contributed by atoms with van der Waals surface area (Å²) in [5.41, 5.74) is 0. The Morgan fingerprint density at radius 2 is 0.784 bits per heavy atom. The third-order valence-corrected chi connectivity index (χ3v) is 21.1. The van der Waals surface area contributed by atoms with Crippen molar-refractivity contribution in [1.29, 1.82) is 0 Å². The van der Waals surface area contributed by atoms with Gasteiger partial charge < -0.3 is 28.9 Å². The number of nitrogens with zero attached hydrogens (tertiary/aromatic N) is 4. The number of nitrogens with one attached hydrogen (secondary N) is 3. The zero-order valence-electron chi connectivity index (χ0n) is 27.6. The van der Waals surface area contributed by atoms with Crippen LogP contribution in [0.4, 0.5) is 0 Å². The van der Waals surface area contributed by atoms with Crippen molar-refractivity contribution in [2.24, 2.45) is 0 Å². The van der Waals surface area contributed by atoms with Gasteiger partial charge in [-0.2, -0.15) is 0 Å². The van der Waals surface area contributed by atoms with E-state index in [0.717, 1.165) is 13.3 Å². The van der Waals surface area contributed by atoms with Gasteiger partial charge >= 0.3 is 0 Å². The van der Waals surface area contributed by atoms with Crippen molar-refractivity contribution in [2.75, 3.05) is 72.4 Å². The Hall–Kier alpha value is 0.588. The highest BCUT2D eigenvalue weighted by atomic mass is 28.3. The Morgan fingerprint density at radius 3 is 1.05 bits per heavy atom. The maximum absolute atomic E-state index is 3.52. The highest BCUT2D eigenvalue weighted by Gasteiger charge is 2.41. The third kappa shape index (κ3) is 12.3. The van der Waals surface area contributed by atoms with E-state index < -0.39 is 32.9 Å². The molecule has 0 aromatic carbocycles. The van der Waals surface area contributed by atoms with Crippen molar-refractivity contribution in [3.05, 3.63) is 0 Å². The van der Waals surface area contributed by atoms with Crippen LogP contribution in [0, 0.1) is 0 Å². The molecule has 0 aliphatic carbocycles. The molecule has 0 saturated carbocycles. The van der Waals surface area contributed by atoms with Gasteiger partial charge in [0, 0.05) is 72.4 Å². The lowest BCUT2D eigenvalue weighted by Crippen LogP contribution is -2.65. The van der Waals surface area contributed by atoms with E-state index in [0.29, 0.717) is 5.04 Å². The molecule has 0 aromatic heterocycles. The maximum Gasteiger partial charge on any atom is 0.127 e. The van der Waals surface area contributed by atoms with Crippen molar-refractivity contribution in [3.63, 3.8) is 0 Å². The lowest BCUT2D eigenvalue weighted by atomic mass is 10.2. The summed E-state index contributed by atoms with van der Waals surface area (Å²) in [6, 6.07) is 0. The van der Waals surface area contributed by atoms with Gasteiger partial charge in [-0.1, -0.05) is 92.8 Å². The monoisotopic (exact) mass is 589 g/mol. The number of hydrogen-bond donors (Lipinski definition) is 3. The molecule has 11 heteroatoms. The molecule has 3 N–H and O–H groups in total. The summed E-state index contributed by atoms with van der Waals surface area (Å²) in [6.45, 7) is 47.0. The minimum absolute atomic E-state index is 0.490. The van der Waals surface area contributed by atoms with E-state index in [1.165, 1.54) is 59.0 Å². The van der Waals surface area contributed by atoms with E-state index in [2.05, 4.69) is 127 Å². The molecule has 3 heterocycles. The number of hydrogen-bond acceptors (Lipinski definition) is 7. The zero-order chi connectivity index (χ0) is 28.7. The molecule has 3 aliphatic heterocycles. The largest absolute Gasteiger partial charge is 0.321 e. The van der Waals surface area contributed by atoms with Gasteiger partial charge in [-0.15, -0.1) is 0 Å². The van der Waals surface area contributed by atoms with Crippen LogP contribution in [0.1, 0.15) is 20.8 Å². The molecule has 0 amide bonds. The Morgan fingerprint density at radius 1 is 0.459 bits per heavy atom. The summed E-state index contributed by atoms with van der Waals surface area (Å²) >= 11 is 0. The zero-order valence-corrected chi connectivity index (χ0v) is 31.6. The van der Waals surface area contributed by atoms with Gasteiger partial charge in [-0.05, 0) is 5.04 Å². The molecule has 222 valence electrons. The van der Waals surface area contributed by atoms with Crippen LogP contribution in [0.3, 0.4) is 0 Å². The first-order chi connectivity index (χ1) is 16.7. The Balaban J connectivity index is 0.000000281. The number of piperazine rings is 2. The minimum Gasteiger partial charge on any atom is -0.321 e. The van der Waals surface area contributed by atoms with Crippen LogP contribution in [0.15, 0.2) is 0 Å². The predicted molar refractivity (Wildman–Crippen MR) is 178 cm³/mol. The highest BCUT2D eigenvalue weighted by molar-refractivity contribution is 6.77. The Labute approximate surface area is 236 Å². The lowest BCUT2D eigenvalue weighted by Gasteiger charge is -2.47. The average Bonchev–Trinajstić information content (AvgIpc) is 2.79. The highest BCUT2D eigenvalue weighted by Crippen LogP contribution is 2.38. The predicted octanol–water partition coefficient (Wildman–Crippen LogP) is 4.36. The summed E-state index contributed by atoms with van der Waals surface area (Å²) < 4.78 is 10.7. The fraction of sp³-hybridized carbons (Fsp3) is 1.00. The lowest BCUT2D eigenvalue weighted by molar-refractivity contribution is 0.189. The standard InChI is InChI=1S/C10H24N2Si.C9H25N3Si2.C7H18N2Si/c1-10(2,3)13(4,5)12-8-6-11-7-9-12;1-13(2,3)11-7-10-8-12(9-11)14(4,5)6;1-10(2,3)9-6-4-8-5-7-9/h11H,6-9H2,1-5H3;10H,7-9H2,1-6H3;8H,4-7H2,1-3H3. The van der Waals surface area contributed by atoms with Crippen LogP contribution >= 0.6 is 0 Å². The first kappa shape index (κ1) is 35.6. The van der Waals surface area contributed by atoms with Crippen LogP contribution < -0.4 is 16.0 Å². The maximum atomic E-state index is 3.52. The van der Waals surface area contributed by atoms with Crippen LogP contribution in [-0.4, -0.2) is 124 Å². The van der Waals surface area contributed by atoms with Gasteiger partial charge in [0.2, 0.25) is 0 Å². The van der Waals surface area contributed by atoms with E-state index in [9.17, 15) is 0 Å². The molecule has 7 nitrogen and oxygen atoms in total. The molecule has 0 radical (unpaired) electrons. The topological polar surface area (TPSA) is 49.1 Å². The van der Waals surface area contributed by atoms with Crippen molar-refractivity contribution < 1.29 is 0 Å². The van der Waals surface area contributed by atoms with Crippen molar-refractivity contribution >= 4 is 32.9 Å². The minimum atomic E-state index is -1.21. The van der Waals surface area contributed by atoms with Crippen LogP contribution in [-0.2, 0) is 0 Å². The molecule has 3 fully saturated rings. The smallest absolute Gasteiger partial charge is 0.127 e. The van der Waals surface area contributed by atoms with Crippen molar-refractivity contribution in [2.45, 2.75) is 97.8 Å². The Bertz CT molecular complexity index is 619. The summed E-state index contributed by atoms with van der Waals surface area (Å²) in [5.74, 6) is 0. The molecule has 0 spiro atoms. The molecule has 3 rings (SSSR count). The van der Waals surface area contributed by atoms with Gasteiger partial charge in [-0.25, -0.2) is 0 Å². The summed E-state index contributed by atoms with van der Waals surface area (Å²) in [7, 11) is -4.42. The van der Waals surface area contributed by atoms with Crippen LogP contribution in [0.25, 0.3) is 0 Å². The van der Waals surface area contributed by atoms with Gasteiger partial charge in [0.15, 0.2) is 0 Å². The first-order valence-corrected chi connectivity index (χ1v) is 28.1. The second-order valence-electron chi connectivity index (χ2n) is 15.6. The van der Waals surface area contributed by atoms with Gasteiger partial charge in [0.1, 0.15) is 32.9 Å². The summed E-state index contributed by atoms with van der Waals surface area (Å²) in [4.78, 5) is 0. The molecule has 0 aromatic rings. The molecule has 0 atom stereocenters. The Kier molecular flexibility index (Phi) is 13.9. The molecule has 3 saturated heterocycles. The van der Waals surface area contributed by atoms with E-state index >= 15 is 0 Å². The molecule has 0 unspecified atom stereocenters. The molecule has 37 heavy (non-hydrogen) atoms. The third-order valence-electron chi connectivity index (χ3n) is 8.65. The van der Waals surface area contributed by atoms with Crippen molar-refractivity contribution in [3.8, 4) is 0 Å². The second-order valence-corrected chi connectivity index (χ2v) is 35.8. The molecular formula is C26H67N7Si4.